The van der Waals surface area contributed by atoms with Gasteiger partial charge in [-0.3, -0.25) is 9.59 Å². The van der Waals surface area contributed by atoms with E-state index in [1.807, 2.05) is 80.7 Å². The lowest BCUT2D eigenvalue weighted by molar-refractivity contribution is 0.0809. The van der Waals surface area contributed by atoms with Crippen LogP contribution in [-0.2, 0) is 12.8 Å². The van der Waals surface area contributed by atoms with Crippen molar-refractivity contribution in [3.63, 3.8) is 0 Å². The Morgan fingerprint density at radius 1 is 0.750 bits per heavy atom. The predicted octanol–water partition coefficient (Wildman–Crippen LogP) is 6.40. The lowest BCUT2D eigenvalue weighted by Gasteiger charge is -2.28. The van der Waals surface area contributed by atoms with Gasteiger partial charge in [0.2, 0.25) is 0 Å². The Balaban J connectivity index is 0.000000162. The highest BCUT2D eigenvalue weighted by molar-refractivity contribution is 7.10. The number of hydrogen-bond donors (Lipinski definition) is 0. The maximum atomic E-state index is 12.4. The number of hydrogen-bond acceptors (Lipinski definition) is 6. The molecule has 3 heterocycles. The van der Waals surface area contributed by atoms with Gasteiger partial charge in [0.15, 0.2) is 16.6 Å². The van der Waals surface area contributed by atoms with Crippen LogP contribution in [0.5, 0.6) is 0 Å². The molecule has 0 spiro atoms. The maximum Gasteiger partial charge on any atom is 0.170 e. The Bertz CT molecular complexity index is 1710. The van der Waals surface area contributed by atoms with Crippen molar-refractivity contribution in [3.05, 3.63) is 110 Å². The van der Waals surface area contributed by atoms with Gasteiger partial charge in [0.1, 0.15) is 11.4 Å². The van der Waals surface area contributed by atoms with Gasteiger partial charge in [-0.25, -0.2) is 15.0 Å². The first-order valence-electron chi connectivity index (χ1n) is 13.4. The summed E-state index contributed by atoms with van der Waals surface area (Å²) in [4.78, 5) is 37.4. The Kier molecular flexibility index (Phi) is 8.01. The molecule has 0 atom stereocenters. The Hall–Kier alpha value is -4.39. The normalized spacial score (nSPS) is 14.8. The van der Waals surface area contributed by atoms with E-state index in [1.54, 1.807) is 0 Å². The highest BCUT2D eigenvalue weighted by atomic mass is 32.1. The number of thiazole rings is 1. The first kappa shape index (κ1) is 27.2. The van der Waals surface area contributed by atoms with Gasteiger partial charge < -0.3 is 0 Å². The largest absolute Gasteiger partial charge is 0.294 e. The molecule has 0 saturated heterocycles. The number of carbonyl (C=O) groups is 2. The predicted molar refractivity (Wildman–Crippen MR) is 157 cm³/mol. The summed E-state index contributed by atoms with van der Waals surface area (Å²) in [5.41, 5.74) is 6.42. The fourth-order valence-corrected chi connectivity index (χ4v) is 5.27. The summed E-state index contributed by atoms with van der Waals surface area (Å²) in [7, 11) is 0. The number of aryl methyl sites for hydroxylation is 3. The molecule has 0 saturated carbocycles. The summed E-state index contributed by atoms with van der Waals surface area (Å²) >= 11 is 1.53. The highest BCUT2D eigenvalue weighted by Gasteiger charge is 2.34. The van der Waals surface area contributed by atoms with Crippen LogP contribution in [-0.4, -0.2) is 26.5 Å². The van der Waals surface area contributed by atoms with Crippen molar-refractivity contribution in [2.75, 3.05) is 0 Å². The van der Waals surface area contributed by atoms with E-state index < -0.39 is 0 Å². The second kappa shape index (κ2) is 11.8. The summed E-state index contributed by atoms with van der Waals surface area (Å²) in [5, 5.41) is 2.77. The molecule has 0 fully saturated rings. The van der Waals surface area contributed by atoms with E-state index in [0.717, 1.165) is 70.2 Å². The fraction of sp³-hybridized carbons (Fsp3) is 0.265. The number of aromatic nitrogens is 3. The molecule has 0 amide bonds. The molecule has 5 nitrogen and oxygen atoms in total. The number of pyridine rings is 2. The van der Waals surface area contributed by atoms with Crippen LogP contribution in [0.15, 0.2) is 60.0 Å². The van der Waals surface area contributed by atoms with E-state index in [9.17, 15) is 9.59 Å². The van der Waals surface area contributed by atoms with E-state index in [1.165, 1.54) is 11.3 Å². The van der Waals surface area contributed by atoms with Crippen LogP contribution in [0.4, 0.5) is 0 Å². The van der Waals surface area contributed by atoms with Crippen LogP contribution in [0.1, 0.15) is 92.9 Å². The van der Waals surface area contributed by atoms with Crippen LogP contribution >= 0.6 is 11.3 Å². The van der Waals surface area contributed by atoms with E-state index in [-0.39, 0.29) is 17.0 Å². The van der Waals surface area contributed by atoms with E-state index in [0.29, 0.717) is 12.1 Å². The minimum absolute atomic E-state index is 0.193. The topological polar surface area (TPSA) is 72.8 Å². The number of carbonyl (C=O) groups excluding carboxylic acids is 2. The second-order valence-corrected chi connectivity index (χ2v) is 11.4. The van der Waals surface area contributed by atoms with Crippen LogP contribution in [0.2, 0.25) is 0 Å². The summed E-state index contributed by atoms with van der Waals surface area (Å²) in [5.74, 6) is 12.6. The lowest BCUT2D eigenvalue weighted by atomic mass is 9.75. The third-order valence-electron chi connectivity index (χ3n) is 6.94. The lowest BCUT2D eigenvalue weighted by Crippen LogP contribution is -2.31. The van der Waals surface area contributed by atoms with Crippen molar-refractivity contribution in [2.45, 2.75) is 52.9 Å². The van der Waals surface area contributed by atoms with E-state index in [2.05, 4.69) is 38.6 Å². The van der Waals surface area contributed by atoms with Crippen molar-refractivity contribution in [2.24, 2.45) is 5.41 Å². The number of ketones is 2. The Morgan fingerprint density at radius 3 is 2.12 bits per heavy atom. The molecule has 0 radical (unpaired) electrons. The van der Waals surface area contributed by atoms with Gasteiger partial charge >= 0.3 is 0 Å². The molecule has 198 valence electrons. The first-order valence-corrected chi connectivity index (χ1v) is 14.3. The number of fused-ring (bicyclic) bond motifs is 2. The van der Waals surface area contributed by atoms with Crippen LogP contribution in [0.25, 0.3) is 0 Å². The quantitative estimate of drug-likeness (QED) is 0.240. The fourth-order valence-electron chi connectivity index (χ4n) is 4.63. The first-order chi connectivity index (χ1) is 19.3. The molecule has 0 unspecified atom stereocenters. The molecule has 0 N–H and O–H groups in total. The molecular formula is C34H29N3O2S. The molecular weight excluding hydrogens is 514 g/mol. The average molecular weight is 544 g/mol. The summed E-state index contributed by atoms with van der Waals surface area (Å²) in [6.07, 6.45) is 4.09. The number of nitrogens with zero attached hydrogens (tertiary/aromatic N) is 3. The molecule has 0 aliphatic heterocycles. The number of Topliss-reactive ketones (excluding diaryl/α,β-unsaturated/α-hetero) is 2. The molecule has 0 bridgehead atoms. The van der Waals surface area contributed by atoms with Gasteiger partial charge in [-0.1, -0.05) is 38.0 Å². The molecule has 6 heteroatoms. The SMILES string of the molecule is CC1(C)CCc2nc(C#Cc3ccccc3)ccc2C1=O.Cc1csc(C#Cc2ccc3c(n2)CCCC3=O)n1. The Morgan fingerprint density at radius 2 is 1.43 bits per heavy atom. The summed E-state index contributed by atoms with van der Waals surface area (Å²) in [6, 6.07) is 17.2. The molecule has 3 aromatic heterocycles. The number of rotatable bonds is 0. The zero-order chi connectivity index (χ0) is 28.1. The molecule has 1 aromatic carbocycles. The van der Waals surface area contributed by atoms with Gasteiger partial charge in [-0.2, -0.15) is 0 Å². The molecule has 40 heavy (non-hydrogen) atoms. The van der Waals surface area contributed by atoms with Gasteiger partial charge in [-0.15, -0.1) is 11.3 Å². The van der Waals surface area contributed by atoms with Gasteiger partial charge in [0.25, 0.3) is 0 Å². The number of benzene rings is 1. The molecule has 2 aliphatic carbocycles. The van der Waals surface area contributed by atoms with Crippen LogP contribution in [0.3, 0.4) is 0 Å². The zero-order valence-electron chi connectivity index (χ0n) is 22.9. The van der Waals surface area contributed by atoms with Gasteiger partial charge in [0.05, 0.1) is 11.4 Å². The summed E-state index contributed by atoms with van der Waals surface area (Å²) < 4.78 is 0. The smallest absolute Gasteiger partial charge is 0.170 e. The molecule has 2 aliphatic rings. The van der Waals surface area contributed by atoms with Gasteiger partial charge in [0, 0.05) is 39.6 Å². The van der Waals surface area contributed by atoms with Crippen molar-refractivity contribution in [1.29, 1.82) is 0 Å². The average Bonchev–Trinajstić information content (AvgIpc) is 3.39. The summed E-state index contributed by atoms with van der Waals surface area (Å²) in [6.45, 7) is 5.95. The van der Waals surface area contributed by atoms with Gasteiger partial charge in [-0.05, 0) is 86.8 Å². The van der Waals surface area contributed by atoms with Crippen molar-refractivity contribution < 1.29 is 9.59 Å². The second-order valence-electron chi connectivity index (χ2n) is 10.5. The maximum absolute atomic E-state index is 12.4. The van der Waals surface area contributed by atoms with Crippen LogP contribution in [0, 0.1) is 36.0 Å². The van der Waals surface area contributed by atoms with Crippen molar-refractivity contribution in [1.82, 2.24) is 15.0 Å². The molecule has 4 aromatic rings. The minimum atomic E-state index is -0.272. The highest BCUT2D eigenvalue weighted by Crippen LogP contribution is 2.33. The van der Waals surface area contributed by atoms with Crippen LogP contribution < -0.4 is 0 Å². The molecule has 6 rings (SSSR count). The van der Waals surface area contributed by atoms with Crippen molar-refractivity contribution in [3.8, 4) is 23.7 Å². The van der Waals surface area contributed by atoms with E-state index >= 15 is 0 Å². The van der Waals surface area contributed by atoms with Crippen molar-refractivity contribution >= 4 is 22.9 Å². The minimum Gasteiger partial charge on any atom is -0.294 e. The van der Waals surface area contributed by atoms with E-state index in [4.69, 9.17) is 0 Å². The monoisotopic (exact) mass is 543 g/mol. The standard InChI is InChI=1S/C19H17NO.C15H12N2OS/c1-19(2)13-12-17-16(18(19)21)11-10-15(20-17)9-8-14-6-4-3-5-7-14;1-10-9-19-15(16-10)8-6-11-5-7-12-13(17-11)3-2-4-14(12)18/h3-7,10-11H,12-13H2,1-2H3;5,7,9H,2-4H2,1H3. The third-order valence-corrected chi connectivity index (χ3v) is 7.81. The third kappa shape index (κ3) is 6.42. The Labute approximate surface area is 239 Å². The zero-order valence-corrected chi connectivity index (χ0v) is 23.7.